The van der Waals surface area contributed by atoms with E-state index in [1.54, 1.807) is 6.07 Å². The third-order valence-electron chi connectivity index (χ3n) is 2.92. The molecule has 0 aliphatic heterocycles. The zero-order valence-corrected chi connectivity index (χ0v) is 13.1. The van der Waals surface area contributed by atoms with E-state index >= 15 is 0 Å². The van der Waals surface area contributed by atoms with E-state index in [2.05, 4.69) is 17.0 Å². The first-order chi connectivity index (χ1) is 9.69. The second kappa shape index (κ2) is 8.74. The Morgan fingerprint density at radius 1 is 1.19 bits per heavy atom. The summed E-state index contributed by atoms with van der Waals surface area (Å²) in [6, 6.07) is 11.8. The molecule has 0 radical (unpaired) electrons. The van der Waals surface area contributed by atoms with Gasteiger partial charge < -0.3 is 5.73 Å². The third-order valence-corrected chi connectivity index (χ3v) is 3.85. The van der Waals surface area contributed by atoms with E-state index in [-0.39, 0.29) is 22.3 Å². The minimum atomic E-state index is -0.349. The summed E-state index contributed by atoms with van der Waals surface area (Å²) in [6.07, 6.45) is 0. The molecule has 0 unspecified atom stereocenters. The lowest BCUT2D eigenvalue weighted by Crippen LogP contribution is -2.28. The predicted molar refractivity (Wildman–Crippen MR) is 87.8 cm³/mol. The molecular formula is C14H18ClN3O2S. The molecule has 1 aromatic heterocycles. The van der Waals surface area contributed by atoms with E-state index in [4.69, 9.17) is 5.73 Å². The number of halogens is 1. The molecule has 0 saturated carbocycles. The summed E-state index contributed by atoms with van der Waals surface area (Å²) in [5.74, 6) is 0. The lowest BCUT2D eigenvalue weighted by Gasteiger charge is -2.21. The SMILES string of the molecule is Cl.NCCN(Cc1ccccc1)Cc1csc([N+](=O)[O-])c1. The highest BCUT2D eigenvalue weighted by atomic mass is 35.5. The second-order valence-corrected chi connectivity index (χ2v) is 5.42. The van der Waals surface area contributed by atoms with Gasteiger partial charge in [0.15, 0.2) is 0 Å². The molecule has 7 heteroatoms. The van der Waals surface area contributed by atoms with Crippen molar-refractivity contribution in [2.45, 2.75) is 13.1 Å². The van der Waals surface area contributed by atoms with Crippen LogP contribution in [0.5, 0.6) is 0 Å². The number of nitrogens with zero attached hydrogens (tertiary/aromatic N) is 2. The molecule has 1 heterocycles. The molecule has 114 valence electrons. The van der Waals surface area contributed by atoms with Gasteiger partial charge in [-0.1, -0.05) is 41.7 Å². The zero-order valence-electron chi connectivity index (χ0n) is 11.5. The van der Waals surface area contributed by atoms with Crippen molar-refractivity contribution < 1.29 is 4.92 Å². The first-order valence-corrected chi connectivity index (χ1v) is 7.25. The molecule has 0 amide bonds. The summed E-state index contributed by atoms with van der Waals surface area (Å²) >= 11 is 1.17. The average Bonchev–Trinajstić information content (AvgIpc) is 2.89. The Balaban J connectivity index is 0.00000220. The molecule has 0 aliphatic rings. The molecule has 2 N–H and O–H groups in total. The van der Waals surface area contributed by atoms with Crippen LogP contribution in [-0.4, -0.2) is 22.9 Å². The molecule has 0 saturated heterocycles. The van der Waals surface area contributed by atoms with Crippen molar-refractivity contribution in [1.29, 1.82) is 0 Å². The van der Waals surface area contributed by atoms with Gasteiger partial charge in [0.2, 0.25) is 0 Å². The highest BCUT2D eigenvalue weighted by molar-refractivity contribution is 7.13. The Morgan fingerprint density at radius 2 is 1.86 bits per heavy atom. The largest absolute Gasteiger partial charge is 0.329 e. The van der Waals surface area contributed by atoms with Crippen LogP contribution in [0.15, 0.2) is 41.8 Å². The number of rotatable bonds is 7. The van der Waals surface area contributed by atoms with Gasteiger partial charge in [-0.25, -0.2) is 0 Å². The highest BCUT2D eigenvalue weighted by Crippen LogP contribution is 2.23. The molecule has 2 rings (SSSR count). The minimum Gasteiger partial charge on any atom is -0.329 e. The Kier molecular flexibility index (Phi) is 7.31. The van der Waals surface area contributed by atoms with Crippen molar-refractivity contribution >= 4 is 28.7 Å². The number of nitro groups is 1. The first-order valence-electron chi connectivity index (χ1n) is 6.37. The van der Waals surface area contributed by atoms with E-state index in [0.717, 1.165) is 18.7 Å². The van der Waals surface area contributed by atoms with Gasteiger partial charge in [-0.15, -0.1) is 12.4 Å². The highest BCUT2D eigenvalue weighted by Gasteiger charge is 2.12. The van der Waals surface area contributed by atoms with Crippen LogP contribution in [0.2, 0.25) is 0 Å². The zero-order chi connectivity index (χ0) is 14.4. The van der Waals surface area contributed by atoms with Gasteiger partial charge in [0.05, 0.1) is 4.92 Å². The van der Waals surface area contributed by atoms with Crippen LogP contribution in [0.25, 0.3) is 0 Å². The average molecular weight is 328 g/mol. The fourth-order valence-corrected chi connectivity index (χ4v) is 2.76. The fraction of sp³-hybridized carbons (Fsp3) is 0.286. The Hall–Kier alpha value is -1.47. The van der Waals surface area contributed by atoms with Crippen molar-refractivity contribution in [3.63, 3.8) is 0 Å². The third kappa shape index (κ3) is 5.43. The van der Waals surface area contributed by atoms with Gasteiger partial charge >= 0.3 is 5.00 Å². The summed E-state index contributed by atoms with van der Waals surface area (Å²) in [5, 5.41) is 12.7. The van der Waals surface area contributed by atoms with Crippen molar-refractivity contribution in [1.82, 2.24) is 4.90 Å². The van der Waals surface area contributed by atoms with Crippen LogP contribution in [0.3, 0.4) is 0 Å². The van der Waals surface area contributed by atoms with E-state index in [1.165, 1.54) is 16.9 Å². The smallest absolute Gasteiger partial charge is 0.324 e. The van der Waals surface area contributed by atoms with E-state index in [9.17, 15) is 10.1 Å². The molecule has 0 aliphatic carbocycles. The van der Waals surface area contributed by atoms with Gasteiger partial charge in [0.1, 0.15) is 0 Å². The van der Waals surface area contributed by atoms with E-state index in [1.807, 2.05) is 23.6 Å². The van der Waals surface area contributed by atoms with Crippen LogP contribution in [0.1, 0.15) is 11.1 Å². The Labute approximate surface area is 133 Å². The minimum absolute atomic E-state index is 0. The molecule has 0 spiro atoms. The maximum atomic E-state index is 10.7. The fourth-order valence-electron chi connectivity index (χ4n) is 2.04. The van der Waals surface area contributed by atoms with Crippen molar-refractivity contribution in [2.24, 2.45) is 5.73 Å². The van der Waals surface area contributed by atoms with Crippen LogP contribution in [-0.2, 0) is 13.1 Å². The standard InChI is InChI=1S/C14H17N3O2S.ClH/c15-6-7-16(9-12-4-2-1-3-5-12)10-13-8-14(17(18)19)20-11-13;/h1-5,8,11H,6-7,9-10,15H2;1H. The van der Waals surface area contributed by atoms with Gasteiger partial charge in [-0.05, 0) is 11.1 Å². The van der Waals surface area contributed by atoms with Crippen LogP contribution in [0, 0.1) is 10.1 Å². The molecule has 1 aromatic carbocycles. The first kappa shape index (κ1) is 17.6. The normalized spacial score (nSPS) is 10.4. The van der Waals surface area contributed by atoms with Gasteiger partial charge in [-0.3, -0.25) is 15.0 Å². The summed E-state index contributed by atoms with van der Waals surface area (Å²) < 4.78 is 0. The maximum Gasteiger partial charge on any atom is 0.324 e. The van der Waals surface area contributed by atoms with E-state index in [0.29, 0.717) is 13.1 Å². The quantitative estimate of drug-likeness (QED) is 0.626. The molecule has 5 nitrogen and oxygen atoms in total. The van der Waals surface area contributed by atoms with Gasteiger partial charge in [-0.2, -0.15) is 0 Å². The number of thiophene rings is 1. The molecule has 2 aromatic rings. The molecule has 0 fully saturated rings. The summed E-state index contributed by atoms with van der Waals surface area (Å²) in [4.78, 5) is 12.5. The number of hydrogen-bond acceptors (Lipinski definition) is 5. The number of hydrogen-bond donors (Lipinski definition) is 1. The lowest BCUT2D eigenvalue weighted by atomic mass is 10.2. The van der Waals surface area contributed by atoms with Crippen molar-refractivity contribution in [3.05, 3.63) is 63.0 Å². The number of nitrogens with two attached hydrogens (primary N) is 1. The van der Waals surface area contributed by atoms with Crippen LogP contribution >= 0.6 is 23.7 Å². The Morgan fingerprint density at radius 3 is 2.43 bits per heavy atom. The molecular weight excluding hydrogens is 310 g/mol. The summed E-state index contributed by atoms with van der Waals surface area (Å²) in [5.41, 5.74) is 7.82. The monoisotopic (exact) mass is 327 g/mol. The summed E-state index contributed by atoms with van der Waals surface area (Å²) in [7, 11) is 0. The number of benzene rings is 1. The maximum absolute atomic E-state index is 10.7. The Bertz CT molecular complexity index is 562. The van der Waals surface area contributed by atoms with Gasteiger partial charge in [0.25, 0.3) is 0 Å². The van der Waals surface area contributed by atoms with Gasteiger partial charge in [0, 0.05) is 37.6 Å². The molecule has 0 bridgehead atoms. The second-order valence-electron chi connectivity index (χ2n) is 4.54. The topological polar surface area (TPSA) is 72.4 Å². The van der Waals surface area contributed by atoms with Crippen molar-refractivity contribution in [2.75, 3.05) is 13.1 Å². The van der Waals surface area contributed by atoms with Crippen LogP contribution < -0.4 is 5.73 Å². The molecule has 0 atom stereocenters. The predicted octanol–water partition coefficient (Wildman–Crippen LogP) is 3.04. The lowest BCUT2D eigenvalue weighted by molar-refractivity contribution is -0.380. The van der Waals surface area contributed by atoms with Crippen LogP contribution in [0.4, 0.5) is 5.00 Å². The van der Waals surface area contributed by atoms with Crippen molar-refractivity contribution in [3.8, 4) is 0 Å². The molecule has 21 heavy (non-hydrogen) atoms. The van der Waals surface area contributed by atoms with E-state index < -0.39 is 0 Å². The summed E-state index contributed by atoms with van der Waals surface area (Å²) in [6.45, 7) is 2.80.